The van der Waals surface area contributed by atoms with Gasteiger partial charge in [-0.3, -0.25) is 14.9 Å². The molecular weight excluding hydrogens is 479 g/mol. The van der Waals surface area contributed by atoms with Crippen molar-refractivity contribution in [2.24, 2.45) is 0 Å². The van der Waals surface area contributed by atoms with Gasteiger partial charge in [0.05, 0.1) is 15.6 Å². The normalized spacial score (nSPS) is 10.3. The van der Waals surface area contributed by atoms with Crippen molar-refractivity contribution in [2.75, 3.05) is 5.32 Å². The smallest absolute Gasteiger partial charge is 0.308 e. The Balaban J connectivity index is 1.65. The summed E-state index contributed by atoms with van der Waals surface area (Å²) in [6.45, 7) is 0. The van der Waals surface area contributed by atoms with E-state index in [1.54, 1.807) is 54.6 Å². The summed E-state index contributed by atoms with van der Waals surface area (Å²) in [4.78, 5) is 36.8. The Hall–Kier alpha value is -2.67. The average Bonchev–Trinajstić information content (AvgIpc) is 2.68. The van der Waals surface area contributed by atoms with Crippen molar-refractivity contribution in [3.05, 3.63) is 97.9 Å². The van der Waals surface area contributed by atoms with Gasteiger partial charge in [0.25, 0.3) is 5.91 Å². The van der Waals surface area contributed by atoms with Gasteiger partial charge in [-0.25, -0.2) is 4.79 Å². The monoisotopic (exact) mass is 490 g/mol. The summed E-state index contributed by atoms with van der Waals surface area (Å²) in [7, 11) is 0. The minimum Gasteiger partial charge on any atom is -0.308 e. The van der Waals surface area contributed by atoms with Crippen LogP contribution in [0, 0.1) is 0 Å². The molecule has 0 heterocycles. The number of amides is 3. The number of carbonyl (C=O) groups is 3. The maximum atomic E-state index is 12.5. The third-order valence-electron chi connectivity index (χ3n) is 3.93. The van der Waals surface area contributed by atoms with Crippen molar-refractivity contribution in [3.63, 3.8) is 0 Å². The molecule has 0 aliphatic heterocycles. The lowest BCUT2D eigenvalue weighted by Crippen LogP contribution is -2.34. The summed E-state index contributed by atoms with van der Waals surface area (Å²) in [6, 6.07) is 17.2. The molecule has 2 N–H and O–H groups in total. The fraction of sp³-hybridized carbons (Fsp3) is 0. The molecule has 3 aromatic carbocycles. The van der Waals surface area contributed by atoms with Crippen LogP contribution in [-0.2, 0) is 0 Å². The van der Waals surface area contributed by atoms with E-state index in [9.17, 15) is 14.4 Å². The first kappa shape index (κ1) is 21.0. The minimum absolute atomic E-state index is 0.0152. The summed E-state index contributed by atoms with van der Waals surface area (Å²) in [5, 5.41) is 4.96. The van der Waals surface area contributed by atoms with Crippen LogP contribution >= 0.6 is 39.1 Å². The van der Waals surface area contributed by atoms with Crippen molar-refractivity contribution in [3.8, 4) is 0 Å². The first-order chi connectivity index (χ1) is 13.8. The van der Waals surface area contributed by atoms with Gasteiger partial charge in [-0.05, 0) is 60.7 Å². The van der Waals surface area contributed by atoms with E-state index in [4.69, 9.17) is 23.2 Å². The molecular formula is C21H13BrCl2N2O3. The molecule has 0 aromatic heterocycles. The zero-order chi connectivity index (χ0) is 21.0. The molecule has 0 radical (unpaired) electrons. The van der Waals surface area contributed by atoms with Gasteiger partial charge in [0, 0.05) is 21.3 Å². The number of halogens is 3. The molecule has 0 unspecified atom stereocenters. The Kier molecular flexibility index (Phi) is 6.69. The van der Waals surface area contributed by atoms with Crippen molar-refractivity contribution < 1.29 is 14.4 Å². The number of hydrogen-bond donors (Lipinski definition) is 2. The number of urea groups is 1. The fourth-order valence-electron chi connectivity index (χ4n) is 2.52. The number of rotatable bonds is 4. The molecule has 0 bridgehead atoms. The quantitative estimate of drug-likeness (QED) is 0.443. The van der Waals surface area contributed by atoms with Crippen molar-refractivity contribution in [2.45, 2.75) is 0 Å². The van der Waals surface area contributed by atoms with Gasteiger partial charge >= 0.3 is 6.03 Å². The van der Waals surface area contributed by atoms with Crippen LogP contribution in [0.15, 0.2) is 71.2 Å². The molecule has 29 heavy (non-hydrogen) atoms. The number of nitrogens with one attached hydrogen (secondary N) is 2. The first-order valence-electron chi connectivity index (χ1n) is 8.32. The molecule has 5 nitrogen and oxygen atoms in total. The number of carbonyl (C=O) groups excluding carboxylic acids is 3. The van der Waals surface area contributed by atoms with Crippen LogP contribution in [0.25, 0.3) is 0 Å². The predicted octanol–water partition coefficient (Wildman–Crippen LogP) is 5.95. The Labute approximate surface area is 185 Å². The van der Waals surface area contributed by atoms with E-state index in [2.05, 4.69) is 26.6 Å². The summed E-state index contributed by atoms with van der Waals surface area (Å²) < 4.78 is 0.882. The van der Waals surface area contributed by atoms with Gasteiger partial charge in [-0.2, -0.15) is 0 Å². The van der Waals surface area contributed by atoms with E-state index in [1.165, 1.54) is 12.1 Å². The number of ketones is 1. The molecule has 0 fully saturated rings. The molecule has 0 spiro atoms. The van der Waals surface area contributed by atoms with E-state index >= 15 is 0 Å². The highest BCUT2D eigenvalue weighted by molar-refractivity contribution is 9.10. The van der Waals surface area contributed by atoms with Crippen LogP contribution in [-0.4, -0.2) is 17.7 Å². The molecule has 0 saturated carbocycles. The van der Waals surface area contributed by atoms with Gasteiger partial charge in [-0.1, -0.05) is 45.2 Å². The third kappa shape index (κ3) is 5.23. The Bertz CT molecular complexity index is 1060. The third-order valence-corrected chi connectivity index (χ3v) is 5.09. The zero-order valence-corrected chi connectivity index (χ0v) is 17.8. The Morgan fingerprint density at radius 3 is 1.83 bits per heavy atom. The summed E-state index contributed by atoms with van der Waals surface area (Å²) in [5.74, 6) is -0.864. The molecule has 3 amide bonds. The maximum absolute atomic E-state index is 12.5. The van der Waals surface area contributed by atoms with Gasteiger partial charge in [0.15, 0.2) is 5.78 Å². The SMILES string of the molecule is O=C(NC(=O)c1c(Cl)cccc1Cl)Nc1ccc(C(=O)c2ccc(Br)cc2)cc1. The fourth-order valence-corrected chi connectivity index (χ4v) is 3.35. The number of hydrogen-bond acceptors (Lipinski definition) is 3. The van der Waals surface area contributed by atoms with E-state index in [1.807, 2.05) is 0 Å². The summed E-state index contributed by atoms with van der Waals surface area (Å²) in [6.07, 6.45) is 0. The molecule has 3 rings (SSSR count). The number of imide groups is 1. The van der Waals surface area contributed by atoms with Crippen LogP contribution in [0.4, 0.5) is 10.5 Å². The lowest BCUT2D eigenvalue weighted by atomic mass is 10.0. The zero-order valence-electron chi connectivity index (χ0n) is 14.7. The molecule has 146 valence electrons. The largest absolute Gasteiger partial charge is 0.326 e. The van der Waals surface area contributed by atoms with Crippen molar-refractivity contribution >= 4 is 62.5 Å². The van der Waals surface area contributed by atoms with Gasteiger partial charge < -0.3 is 5.32 Å². The molecule has 0 aliphatic carbocycles. The molecule has 0 saturated heterocycles. The van der Waals surface area contributed by atoms with Crippen LogP contribution in [0.5, 0.6) is 0 Å². The minimum atomic E-state index is -0.752. The standard InChI is InChI=1S/C21H13BrCl2N2O3/c22-14-8-4-12(5-9-14)19(27)13-6-10-15(11-7-13)25-21(29)26-20(28)18-16(23)2-1-3-17(18)24/h1-11H,(H2,25,26,28,29). The number of anilines is 1. The van der Waals surface area contributed by atoms with Gasteiger partial charge in [0.1, 0.15) is 0 Å². The Morgan fingerprint density at radius 2 is 1.28 bits per heavy atom. The van der Waals surface area contributed by atoms with Crippen molar-refractivity contribution in [1.82, 2.24) is 5.32 Å². The van der Waals surface area contributed by atoms with Gasteiger partial charge in [0.2, 0.25) is 0 Å². The highest BCUT2D eigenvalue weighted by Gasteiger charge is 2.17. The van der Waals surface area contributed by atoms with Crippen LogP contribution in [0.1, 0.15) is 26.3 Å². The summed E-state index contributed by atoms with van der Waals surface area (Å²) >= 11 is 15.3. The maximum Gasteiger partial charge on any atom is 0.326 e. The molecule has 0 atom stereocenters. The van der Waals surface area contributed by atoms with Crippen molar-refractivity contribution in [1.29, 1.82) is 0 Å². The van der Waals surface area contributed by atoms with E-state index in [0.717, 1.165) is 4.47 Å². The first-order valence-corrected chi connectivity index (χ1v) is 9.86. The number of benzene rings is 3. The van der Waals surface area contributed by atoms with E-state index < -0.39 is 11.9 Å². The second kappa shape index (κ2) is 9.22. The topological polar surface area (TPSA) is 75.3 Å². The molecule has 8 heteroatoms. The lowest BCUT2D eigenvalue weighted by Gasteiger charge is -2.09. The molecule has 3 aromatic rings. The predicted molar refractivity (Wildman–Crippen MR) is 117 cm³/mol. The van der Waals surface area contributed by atoms with Crippen LogP contribution in [0.3, 0.4) is 0 Å². The second-order valence-corrected chi connectivity index (χ2v) is 7.65. The average molecular weight is 492 g/mol. The molecule has 0 aliphatic rings. The highest BCUT2D eigenvalue weighted by Crippen LogP contribution is 2.24. The van der Waals surface area contributed by atoms with Crippen LogP contribution < -0.4 is 10.6 Å². The van der Waals surface area contributed by atoms with Gasteiger partial charge in [-0.15, -0.1) is 0 Å². The highest BCUT2D eigenvalue weighted by atomic mass is 79.9. The lowest BCUT2D eigenvalue weighted by molar-refractivity contribution is 0.0966. The second-order valence-electron chi connectivity index (χ2n) is 5.92. The van der Waals surface area contributed by atoms with Crippen LogP contribution in [0.2, 0.25) is 10.0 Å². The van der Waals surface area contributed by atoms with E-state index in [0.29, 0.717) is 16.8 Å². The summed E-state index contributed by atoms with van der Waals surface area (Å²) in [5.41, 5.74) is 1.44. The van der Waals surface area contributed by atoms with E-state index in [-0.39, 0.29) is 21.4 Å². The Morgan fingerprint density at radius 1 is 0.759 bits per heavy atom.